The Morgan fingerprint density at radius 3 is 1.79 bits per heavy atom. The van der Waals surface area contributed by atoms with E-state index in [0.29, 0.717) is 46.3 Å². The molecule has 2 N–H and O–H groups in total. The molecule has 3 rings (SSSR count). The van der Waals surface area contributed by atoms with Crippen LogP contribution in [0.15, 0.2) is 18.2 Å². The molecule has 8 heteroatoms. The third kappa shape index (κ3) is 3.61. The maximum absolute atomic E-state index is 11.5. The van der Waals surface area contributed by atoms with Crippen molar-refractivity contribution in [2.45, 2.75) is 32.5 Å². The van der Waals surface area contributed by atoms with Gasteiger partial charge in [0.05, 0.1) is 41.7 Å². The first-order valence-corrected chi connectivity index (χ1v) is 10.9. The number of aliphatic hydroxyl groups excluding tert-OH is 1. The number of phenolic OH excluding ortho intramolecular Hbond substituents is 1. The molecule has 33 heavy (non-hydrogen) atoms. The number of ether oxygens (including phenoxy) is 6. The van der Waals surface area contributed by atoms with Crippen molar-refractivity contribution >= 4 is 0 Å². The van der Waals surface area contributed by atoms with Gasteiger partial charge in [0.15, 0.2) is 23.0 Å². The number of methoxy groups -OCH3 is 5. The lowest BCUT2D eigenvalue weighted by molar-refractivity contribution is -0.101. The Balaban J connectivity index is 2.50. The van der Waals surface area contributed by atoms with Crippen LogP contribution in [0, 0.1) is 11.8 Å². The summed E-state index contributed by atoms with van der Waals surface area (Å²) in [6, 6.07) is 5.34. The monoisotopic (exact) mass is 462 g/mol. The van der Waals surface area contributed by atoms with E-state index in [2.05, 4.69) is 0 Å². The minimum atomic E-state index is -1.15. The van der Waals surface area contributed by atoms with Gasteiger partial charge in [-0.3, -0.25) is 0 Å². The highest BCUT2D eigenvalue weighted by molar-refractivity contribution is 5.66. The highest BCUT2D eigenvalue weighted by Crippen LogP contribution is 2.60. The molecule has 4 atom stereocenters. The summed E-state index contributed by atoms with van der Waals surface area (Å²) in [4.78, 5) is 0. The molecule has 0 heterocycles. The first-order valence-electron chi connectivity index (χ1n) is 10.9. The molecule has 0 saturated carbocycles. The predicted octanol–water partition coefficient (Wildman–Crippen LogP) is 4.03. The van der Waals surface area contributed by atoms with Crippen molar-refractivity contribution in [2.75, 3.05) is 42.2 Å². The molecular weight excluding hydrogens is 428 g/mol. The molecule has 0 spiro atoms. The van der Waals surface area contributed by atoms with Gasteiger partial charge in [0.2, 0.25) is 11.5 Å². The van der Waals surface area contributed by atoms with Crippen molar-refractivity contribution in [3.63, 3.8) is 0 Å². The molecular formula is C25H34O8. The summed E-state index contributed by atoms with van der Waals surface area (Å²) in [5.41, 5.74) is 0.473. The number of benzene rings is 2. The molecule has 0 aromatic heterocycles. The van der Waals surface area contributed by atoms with E-state index in [-0.39, 0.29) is 23.3 Å². The summed E-state index contributed by atoms with van der Waals surface area (Å²) in [6.45, 7) is 6.18. The van der Waals surface area contributed by atoms with Gasteiger partial charge >= 0.3 is 0 Å². The van der Waals surface area contributed by atoms with Crippen LogP contribution in [0.4, 0.5) is 0 Å². The van der Waals surface area contributed by atoms with E-state index in [0.717, 1.165) is 0 Å². The lowest BCUT2D eigenvalue weighted by atomic mass is 9.62. The second kappa shape index (κ2) is 9.57. The molecule has 2 aromatic rings. The van der Waals surface area contributed by atoms with E-state index in [1.165, 1.54) is 21.3 Å². The highest BCUT2D eigenvalue weighted by atomic mass is 16.5. The second-order valence-electron chi connectivity index (χ2n) is 8.10. The standard InChI is InChI=1S/C25H34O8/c1-9-33-25(15-10-17(28-4)23(31-7)18(11-15)29-5)14(3)13(2)21(26)16-12-19(30-6)24(32-8)22(27)20(16)25/h10-14,21,26-27H,9H2,1-8H3. The van der Waals surface area contributed by atoms with Crippen LogP contribution in [0.3, 0.4) is 0 Å². The third-order valence-electron chi connectivity index (χ3n) is 6.76. The molecule has 0 aliphatic heterocycles. The quantitative estimate of drug-likeness (QED) is 0.607. The fourth-order valence-corrected chi connectivity index (χ4v) is 4.99. The fraction of sp³-hybridized carbons (Fsp3) is 0.520. The molecule has 8 nitrogen and oxygen atoms in total. The lowest BCUT2D eigenvalue weighted by Gasteiger charge is -2.49. The van der Waals surface area contributed by atoms with E-state index in [9.17, 15) is 10.2 Å². The number of aliphatic hydroxyl groups is 1. The Morgan fingerprint density at radius 1 is 0.818 bits per heavy atom. The Labute approximate surface area is 194 Å². The minimum Gasteiger partial charge on any atom is -0.504 e. The van der Waals surface area contributed by atoms with Crippen molar-refractivity contribution in [1.29, 1.82) is 0 Å². The number of rotatable bonds is 8. The zero-order chi connectivity index (χ0) is 24.5. The van der Waals surface area contributed by atoms with Crippen LogP contribution in [0.25, 0.3) is 0 Å². The first-order chi connectivity index (χ1) is 15.8. The van der Waals surface area contributed by atoms with Crippen LogP contribution in [-0.4, -0.2) is 52.4 Å². The molecule has 0 bridgehead atoms. The van der Waals surface area contributed by atoms with E-state index in [4.69, 9.17) is 28.4 Å². The maximum Gasteiger partial charge on any atom is 0.203 e. The van der Waals surface area contributed by atoms with Crippen LogP contribution in [0.1, 0.15) is 43.6 Å². The predicted molar refractivity (Wildman–Crippen MR) is 123 cm³/mol. The average molecular weight is 463 g/mol. The van der Waals surface area contributed by atoms with Gasteiger partial charge in [-0.25, -0.2) is 0 Å². The minimum absolute atomic E-state index is 0.146. The average Bonchev–Trinajstić information content (AvgIpc) is 2.83. The number of hydrogen-bond acceptors (Lipinski definition) is 8. The summed E-state index contributed by atoms with van der Waals surface area (Å²) in [6.07, 6.45) is -0.851. The van der Waals surface area contributed by atoms with E-state index in [1.807, 2.05) is 32.9 Å². The topological polar surface area (TPSA) is 95.8 Å². The van der Waals surface area contributed by atoms with Gasteiger partial charge in [-0.05, 0) is 48.1 Å². The van der Waals surface area contributed by atoms with E-state index in [1.54, 1.807) is 20.3 Å². The van der Waals surface area contributed by atoms with E-state index < -0.39 is 11.7 Å². The summed E-state index contributed by atoms with van der Waals surface area (Å²) in [7, 11) is 7.57. The van der Waals surface area contributed by atoms with Crippen LogP contribution in [0.2, 0.25) is 0 Å². The molecule has 1 aliphatic rings. The molecule has 0 fully saturated rings. The number of hydrogen-bond donors (Lipinski definition) is 2. The number of fused-ring (bicyclic) bond motifs is 1. The zero-order valence-corrected chi connectivity index (χ0v) is 20.5. The first kappa shape index (κ1) is 24.8. The lowest BCUT2D eigenvalue weighted by Crippen LogP contribution is -2.47. The van der Waals surface area contributed by atoms with Gasteiger partial charge in [0.25, 0.3) is 0 Å². The summed E-state index contributed by atoms with van der Waals surface area (Å²) in [5, 5.41) is 22.7. The SMILES string of the molecule is CCOC1(c2cc(OC)c(OC)c(OC)c2)c2c(cc(OC)c(OC)c2O)C(O)C(C)C1C. The van der Waals surface area contributed by atoms with Crippen molar-refractivity contribution in [3.05, 3.63) is 34.9 Å². The number of phenols is 1. The van der Waals surface area contributed by atoms with Crippen LogP contribution in [-0.2, 0) is 10.3 Å². The van der Waals surface area contributed by atoms with Crippen LogP contribution < -0.4 is 23.7 Å². The molecule has 0 amide bonds. The van der Waals surface area contributed by atoms with Crippen LogP contribution in [0.5, 0.6) is 34.5 Å². The molecule has 182 valence electrons. The zero-order valence-electron chi connectivity index (χ0n) is 20.5. The van der Waals surface area contributed by atoms with Crippen molar-refractivity contribution in [3.8, 4) is 34.5 Å². The van der Waals surface area contributed by atoms with Gasteiger partial charge in [-0.2, -0.15) is 0 Å². The van der Waals surface area contributed by atoms with Gasteiger partial charge in [0.1, 0.15) is 5.60 Å². The summed E-state index contributed by atoms with van der Waals surface area (Å²) >= 11 is 0. The van der Waals surface area contributed by atoms with E-state index >= 15 is 0 Å². The maximum atomic E-state index is 11.5. The van der Waals surface area contributed by atoms with Crippen LogP contribution >= 0.6 is 0 Å². The number of aromatic hydroxyl groups is 1. The summed E-state index contributed by atoms with van der Waals surface area (Å²) in [5.74, 6) is 1.23. The molecule has 0 radical (unpaired) electrons. The Kier molecular flexibility index (Phi) is 7.19. The Morgan fingerprint density at radius 2 is 1.33 bits per heavy atom. The Bertz CT molecular complexity index is 979. The van der Waals surface area contributed by atoms with Crippen molar-refractivity contribution in [2.24, 2.45) is 11.8 Å². The molecule has 0 saturated heterocycles. The Hall–Kier alpha value is -2.84. The van der Waals surface area contributed by atoms with Crippen molar-refractivity contribution < 1.29 is 38.6 Å². The van der Waals surface area contributed by atoms with Gasteiger partial charge < -0.3 is 38.6 Å². The normalized spacial score (nSPS) is 24.1. The fourth-order valence-electron chi connectivity index (χ4n) is 4.99. The molecule has 1 aliphatic carbocycles. The third-order valence-corrected chi connectivity index (χ3v) is 6.76. The summed E-state index contributed by atoms with van der Waals surface area (Å²) < 4.78 is 34.1. The molecule has 4 unspecified atom stereocenters. The molecule has 2 aromatic carbocycles. The van der Waals surface area contributed by atoms with Gasteiger partial charge in [-0.1, -0.05) is 13.8 Å². The van der Waals surface area contributed by atoms with Gasteiger partial charge in [-0.15, -0.1) is 0 Å². The largest absolute Gasteiger partial charge is 0.504 e. The highest BCUT2D eigenvalue weighted by Gasteiger charge is 2.53. The second-order valence-corrected chi connectivity index (χ2v) is 8.10. The smallest absolute Gasteiger partial charge is 0.203 e. The van der Waals surface area contributed by atoms with Crippen molar-refractivity contribution in [1.82, 2.24) is 0 Å². The van der Waals surface area contributed by atoms with Gasteiger partial charge in [0, 0.05) is 12.2 Å².